The fourth-order valence-electron chi connectivity index (χ4n) is 3.19. The number of rotatable bonds is 8. The van der Waals surface area contributed by atoms with Gasteiger partial charge in [0.05, 0.1) is 16.8 Å². The molecule has 0 saturated carbocycles. The van der Waals surface area contributed by atoms with Crippen LogP contribution < -0.4 is 10.1 Å². The second-order valence-corrected chi connectivity index (χ2v) is 8.91. The summed E-state index contributed by atoms with van der Waals surface area (Å²) in [7, 11) is 0. The first-order valence-electron chi connectivity index (χ1n) is 10.8. The van der Waals surface area contributed by atoms with Crippen molar-refractivity contribution in [2.24, 2.45) is 0 Å². The van der Waals surface area contributed by atoms with Gasteiger partial charge in [-0.05, 0) is 54.6 Å². The lowest BCUT2D eigenvalue weighted by Crippen LogP contribution is -2.21. The van der Waals surface area contributed by atoms with E-state index in [-0.39, 0.29) is 0 Å². The average Bonchev–Trinajstić information content (AvgIpc) is 2.90. The van der Waals surface area contributed by atoms with E-state index in [2.05, 4.69) is 11.4 Å². The highest BCUT2D eigenvalue weighted by molar-refractivity contribution is 7.99. The Labute approximate surface area is 217 Å². The van der Waals surface area contributed by atoms with Crippen LogP contribution in [0.15, 0.2) is 107 Å². The molecule has 8 heteroatoms. The van der Waals surface area contributed by atoms with Crippen LogP contribution >= 0.6 is 23.4 Å². The van der Waals surface area contributed by atoms with E-state index in [1.807, 2.05) is 24.3 Å². The van der Waals surface area contributed by atoms with Crippen LogP contribution in [0, 0.1) is 11.3 Å². The summed E-state index contributed by atoms with van der Waals surface area (Å²) >= 11 is 7.38. The summed E-state index contributed by atoms with van der Waals surface area (Å²) in [6, 6.07) is 30.0. The fourth-order valence-corrected chi connectivity index (χ4v) is 4.38. The van der Waals surface area contributed by atoms with Gasteiger partial charge in [0.15, 0.2) is 12.4 Å². The molecule has 0 fully saturated rings. The molecule has 4 aromatic rings. The number of para-hydroxylation sites is 1. The maximum atomic E-state index is 12.8. The van der Waals surface area contributed by atoms with Crippen molar-refractivity contribution in [2.75, 3.05) is 11.9 Å². The highest BCUT2D eigenvalue weighted by atomic mass is 35.5. The van der Waals surface area contributed by atoms with Crippen LogP contribution in [-0.2, 0) is 9.53 Å². The van der Waals surface area contributed by atoms with Gasteiger partial charge in [-0.3, -0.25) is 4.79 Å². The lowest BCUT2D eigenvalue weighted by Gasteiger charge is -2.13. The summed E-state index contributed by atoms with van der Waals surface area (Å²) in [6.07, 6.45) is 0. The molecule has 0 aliphatic rings. The summed E-state index contributed by atoms with van der Waals surface area (Å²) in [5.41, 5.74) is 1.13. The van der Waals surface area contributed by atoms with Crippen LogP contribution in [0.3, 0.4) is 0 Å². The number of nitrogens with one attached hydrogen (secondary N) is 1. The van der Waals surface area contributed by atoms with E-state index in [4.69, 9.17) is 21.1 Å². The van der Waals surface area contributed by atoms with E-state index in [1.54, 1.807) is 72.8 Å². The molecule has 0 aliphatic carbocycles. The van der Waals surface area contributed by atoms with E-state index >= 15 is 0 Å². The molecule has 0 bridgehead atoms. The molecule has 0 unspecified atom stereocenters. The average molecular weight is 515 g/mol. The quantitative estimate of drug-likeness (QED) is 0.256. The molecule has 0 spiro atoms. The van der Waals surface area contributed by atoms with E-state index in [9.17, 15) is 14.9 Å². The first-order valence-corrected chi connectivity index (χ1v) is 12.0. The second kappa shape index (κ2) is 11.9. The number of hydrogen-bond donors (Lipinski definition) is 1. The molecule has 4 aromatic carbocycles. The molecule has 6 nitrogen and oxygen atoms in total. The lowest BCUT2D eigenvalue weighted by atomic mass is 10.2. The Bertz CT molecular complexity index is 1440. The molecule has 1 N–H and O–H groups in total. The third kappa shape index (κ3) is 6.45. The number of hydrogen-bond acceptors (Lipinski definition) is 6. The van der Waals surface area contributed by atoms with E-state index < -0.39 is 18.5 Å². The number of esters is 1. The molecular formula is C28H19ClN2O4S. The molecule has 0 radical (unpaired) electrons. The zero-order valence-corrected chi connectivity index (χ0v) is 20.4. The minimum atomic E-state index is -0.658. The Kier molecular flexibility index (Phi) is 8.24. The Morgan fingerprint density at radius 2 is 1.58 bits per heavy atom. The van der Waals surface area contributed by atoms with Crippen molar-refractivity contribution in [1.29, 1.82) is 5.26 Å². The summed E-state index contributed by atoms with van der Waals surface area (Å²) < 4.78 is 11.1. The number of amides is 1. The molecular weight excluding hydrogens is 496 g/mol. The first kappa shape index (κ1) is 24.9. The van der Waals surface area contributed by atoms with Crippen LogP contribution in [0.1, 0.15) is 15.9 Å². The normalized spacial score (nSPS) is 10.2. The smallest absolute Gasteiger partial charge is 0.339 e. The minimum absolute atomic E-state index is 0.291. The van der Waals surface area contributed by atoms with Crippen molar-refractivity contribution in [3.63, 3.8) is 0 Å². The zero-order chi connectivity index (χ0) is 25.3. The Balaban J connectivity index is 1.43. The Morgan fingerprint density at radius 1 is 0.889 bits per heavy atom. The number of ether oxygens (including phenoxy) is 2. The van der Waals surface area contributed by atoms with Crippen molar-refractivity contribution in [3.05, 3.63) is 113 Å². The zero-order valence-electron chi connectivity index (χ0n) is 18.8. The van der Waals surface area contributed by atoms with Crippen molar-refractivity contribution in [1.82, 2.24) is 0 Å². The van der Waals surface area contributed by atoms with E-state index in [1.165, 1.54) is 11.8 Å². The van der Waals surface area contributed by atoms with Gasteiger partial charge in [-0.1, -0.05) is 65.8 Å². The van der Waals surface area contributed by atoms with Crippen LogP contribution in [0.4, 0.5) is 5.69 Å². The number of nitriles is 1. The predicted octanol–water partition coefficient (Wildman–Crippen LogP) is 6.95. The fraction of sp³-hybridized carbons (Fsp3) is 0.0357. The van der Waals surface area contributed by atoms with Gasteiger partial charge in [-0.15, -0.1) is 0 Å². The third-order valence-electron chi connectivity index (χ3n) is 4.86. The largest absolute Gasteiger partial charge is 0.455 e. The van der Waals surface area contributed by atoms with Crippen molar-refractivity contribution in [3.8, 4) is 17.6 Å². The SMILES string of the molecule is N#Cc1ccccc1Sc1ccccc1C(=O)OCC(=O)Nc1cc(Cl)ccc1Oc1ccccc1. The number of nitrogens with zero attached hydrogens (tertiary/aromatic N) is 1. The topological polar surface area (TPSA) is 88.4 Å². The van der Waals surface area contributed by atoms with Crippen molar-refractivity contribution in [2.45, 2.75) is 9.79 Å². The second-order valence-electron chi connectivity index (χ2n) is 7.39. The molecule has 1 amide bonds. The maximum Gasteiger partial charge on any atom is 0.339 e. The van der Waals surface area contributed by atoms with Crippen LogP contribution in [0.5, 0.6) is 11.5 Å². The Hall–Kier alpha value is -4.25. The van der Waals surface area contributed by atoms with E-state index in [0.717, 1.165) is 0 Å². The number of carbonyl (C=O) groups is 2. The summed E-state index contributed by atoms with van der Waals surface area (Å²) in [4.78, 5) is 26.7. The third-order valence-corrected chi connectivity index (χ3v) is 6.24. The Morgan fingerprint density at radius 3 is 2.36 bits per heavy atom. The van der Waals surface area contributed by atoms with Crippen LogP contribution in [-0.4, -0.2) is 18.5 Å². The summed E-state index contributed by atoms with van der Waals surface area (Å²) in [6.45, 7) is -0.510. The predicted molar refractivity (Wildman–Crippen MR) is 139 cm³/mol. The number of halogens is 1. The van der Waals surface area contributed by atoms with Gasteiger partial charge >= 0.3 is 5.97 Å². The summed E-state index contributed by atoms with van der Waals surface area (Å²) in [5, 5.41) is 12.4. The van der Waals surface area contributed by atoms with Crippen LogP contribution in [0.25, 0.3) is 0 Å². The number of benzene rings is 4. The van der Waals surface area contributed by atoms with Crippen molar-refractivity contribution < 1.29 is 19.1 Å². The lowest BCUT2D eigenvalue weighted by molar-refractivity contribution is -0.119. The molecule has 0 atom stereocenters. The van der Waals surface area contributed by atoms with Crippen molar-refractivity contribution >= 4 is 40.9 Å². The van der Waals surface area contributed by atoms with Crippen LogP contribution in [0.2, 0.25) is 5.02 Å². The molecule has 0 aliphatic heterocycles. The molecule has 36 heavy (non-hydrogen) atoms. The van der Waals surface area contributed by atoms with Gasteiger partial charge in [-0.25, -0.2) is 4.79 Å². The molecule has 0 saturated heterocycles. The highest BCUT2D eigenvalue weighted by Crippen LogP contribution is 2.34. The number of anilines is 1. The first-order chi connectivity index (χ1) is 17.5. The molecule has 4 rings (SSSR count). The van der Waals surface area contributed by atoms with Gasteiger partial charge in [0.25, 0.3) is 5.91 Å². The van der Waals surface area contributed by atoms with Gasteiger partial charge in [-0.2, -0.15) is 5.26 Å². The number of carbonyl (C=O) groups excluding carboxylic acids is 2. The molecule has 178 valence electrons. The van der Waals surface area contributed by atoms with Gasteiger partial charge in [0.1, 0.15) is 11.8 Å². The monoisotopic (exact) mass is 514 g/mol. The minimum Gasteiger partial charge on any atom is -0.455 e. The van der Waals surface area contributed by atoms with Gasteiger partial charge < -0.3 is 14.8 Å². The van der Waals surface area contributed by atoms with Gasteiger partial charge in [0, 0.05) is 14.8 Å². The highest BCUT2D eigenvalue weighted by Gasteiger charge is 2.17. The molecule has 0 aromatic heterocycles. The van der Waals surface area contributed by atoms with E-state index in [0.29, 0.717) is 43.1 Å². The standard InChI is InChI=1S/C28H19ClN2O4S/c29-20-14-15-24(35-21-9-2-1-3-10-21)23(16-20)31-27(32)18-34-28(33)22-11-5-7-13-26(22)36-25-12-6-4-8-19(25)17-30/h1-16H,18H2,(H,31,32). The van der Waals surface area contributed by atoms with Gasteiger partial charge in [0.2, 0.25) is 0 Å². The molecule has 0 heterocycles. The summed E-state index contributed by atoms with van der Waals surface area (Å²) in [5.74, 6) is -0.227. The maximum absolute atomic E-state index is 12.8.